The third-order valence-corrected chi connectivity index (χ3v) is 3.50. The van der Waals surface area contributed by atoms with Gasteiger partial charge in [0.05, 0.1) is 0 Å². The summed E-state index contributed by atoms with van der Waals surface area (Å²) in [4.78, 5) is 26.3. The van der Waals surface area contributed by atoms with Gasteiger partial charge in [0, 0.05) is 24.9 Å². The van der Waals surface area contributed by atoms with Crippen molar-refractivity contribution in [1.29, 1.82) is 0 Å². The number of benzene rings is 1. The number of carbonyl (C=O) groups is 1. The van der Waals surface area contributed by atoms with Crippen LogP contribution in [0.3, 0.4) is 0 Å². The summed E-state index contributed by atoms with van der Waals surface area (Å²) in [5.74, 6) is 0.357. The zero-order valence-electron chi connectivity index (χ0n) is 12.1. The van der Waals surface area contributed by atoms with Gasteiger partial charge < -0.3 is 10.1 Å². The van der Waals surface area contributed by atoms with Crippen LogP contribution >= 0.6 is 0 Å². The molecule has 2 aromatic rings. The molecule has 1 aromatic heterocycles. The minimum atomic E-state index is -0.246. The number of ether oxygens (including phenoxy) is 1. The Hall–Kier alpha value is -2.54. The molecule has 1 aliphatic heterocycles. The molecular formula is C15H17N5O2. The summed E-state index contributed by atoms with van der Waals surface area (Å²) in [6.07, 6.45) is 4.30. The smallest absolute Gasteiger partial charge is 0.328 e. The monoisotopic (exact) mass is 299 g/mol. The van der Waals surface area contributed by atoms with E-state index < -0.39 is 0 Å². The van der Waals surface area contributed by atoms with Gasteiger partial charge in [0.25, 0.3) is 0 Å². The van der Waals surface area contributed by atoms with Crippen LogP contribution in [0.1, 0.15) is 12.8 Å². The maximum absolute atomic E-state index is 12.7. The van der Waals surface area contributed by atoms with Crippen molar-refractivity contribution in [3.8, 4) is 0 Å². The van der Waals surface area contributed by atoms with Gasteiger partial charge in [0.15, 0.2) is 0 Å². The molecule has 7 nitrogen and oxygen atoms in total. The fraction of sp³-hybridized carbons (Fsp3) is 0.333. The standard InChI is InChI=1S/C15H17N5O2/c21-15(19-12-4-2-1-3-5-12)20(13-6-8-22-9-7-13)14-17-10-16-11-18-14/h1-5,10-11,13H,6-9H2,(H,19,21). The number of anilines is 2. The number of hydrogen-bond donors (Lipinski definition) is 1. The van der Waals surface area contributed by atoms with Gasteiger partial charge >= 0.3 is 6.03 Å². The second-order valence-electron chi connectivity index (χ2n) is 4.95. The Morgan fingerprint density at radius 2 is 1.82 bits per heavy atom. The Bertz CT molecular complexity index is 602. The molecule has 1 aliphatic rings. The summed E-state index contributed by atoms with van der Waals surface area (Å²) in [5, 5.41) is 2.88. The van der Waals surface area contributed by atoms with Crippen molar-refractivity contribution in [3.63, 3.8) is 0 Å². The van der Waals surface area contributed by atoms with E-state index in [1.807, 2.05) is 30.3 Å². The predicted molar refractivity (Wildman–Crippen MR) is 81.6 cm³/mol. The number of urea groups is 1. The van der Waals surface area contributed by atoms with Crippen molar-refractivity contribution < 1.29 is 9.53 Å². The number of nitrogens with one attached hydrogen (secondary N) is 1. The summed E-state index contributed by atoms with van der Waals surface area (Å²) in [6.45, 7) is 1.26. The van der Waals surface area contributed by atoms with Gasteiger partial charge in [-0.3, -0.25) is 4.90 Å². The third kappa shape index (κ3) is 3.37. The minimum absolute atomic E-state index is 0.0138. The molecule has 0 spiro atoms. The van der Waals surface area contributed by atoms with E-state index in [1.54, 1.807) is 4.90 Å². The molecule has 1 N–H and O–H groups in total. The van der Waals surface area contributed by atoms with Gasteiger partial charge in [0.1, 0.15) is 12.7 Å². The van der Waals surface area contributed by atoms with Crippen LogP contribution in [-0.4, -0.2) is 40.2 Å². The summed E-state index contributed by atoms with van der Waals surface area (Å²) in [6, 6.07) is 9.09. The molecule has 7 heteroatoms. The molecule has 0 unspecified atom stereocenters. The summed E-state index contributed by atoms with van der Waals surface area (Å²) in [5.41, 5.74) is 0.735. The Morgan fingerprint density at radius 1 is 1.14 bits per heavy atom. The molecule has 2 amide bonds. The Balaban J connectivity index is 1.82. The molecule has 0 saturated carbocycles. The summed E-state index contributed by atoms with van der Waals surface area (Å²) >= 11 is 0. The second-order valence-corrected chi connectivity index (χ2v) is 4.95. The molecule has 0 radical (unpaired) electrons. The highest BCUT2D eigenvalue weighted by atomic mass is 16.5. The molecule has 1 fully saturated rings. The third-order valence-electron chi connectivity index (χ3n) is 3.50. The predicted octanol–water partition coefficient (Wildman–Crippen LogP) is 2.09. The molecule has 22 heavy (non-hydrogen) atoms. The van der Waals surface area contributed by atoms with Crippen LogP contribution in [0, 0.1) is 0 Å². The van der Waals surface area contributed by atoms with Gasteiger partial charge in [-0.15, -0.1) is 0 Å². The number of rotatable bonds is 3. The van der Waals surface area contributed by atoms with Crippen molar-refractivity contribution >= 4 is 17.7 Å². The van der Waals surface area contributed by atoms with Crippen LogP contribution in [0.5, 0.6) is 0 Å². The van der Waals surface area contributed by atoms with Gasteiger partial charge in [-0.2, -0.15) is 0 Å². The lowest BCUT2D eigenvalue weighted by molar-refractivity contribution is 0.0856. The van der Waals surface area contributed by atoms with Crippen LogP contribution in [0.2, 0.25) is 0 Å². The van der Waals surface area contributed by atoms with Gasteiger partial charge in [-0.25, -0.2) is 19.7 Å². The minimum Gasteiger partial charge on any atom is -0.381 e. The lowest BCUT2D eigenvalue weighted by atomic mass is 10.1. The Morgan fingerprint density at radius 3 is 2.50 bits per heavy atom. The molecule has 0 bridgehead atoms. The van der Waals surface area contributed by atoms with Gasteiger partial charge in [-0.05, 0) is 25.0 Å². The number of para-hydroxylation sites is 1. The van der Waals surface area contributed by atoms with Gasteiger partial charge in [0.2, 0.25) is 5.95 Å². The van der Waals surface area contributed by atoms with Crippen LogP contribution in [0.4, 0.5) is 16.4 Å². The fourth-order valence-corrected chi connectivity index (χ4v) is 2.43. The average Bonchev–Trinajstić information content (AvgIpc) is 2.58. The molecule has 0 atom stereocenters. The summed E-state index contributed by atoms with van der Waals surface area (Å²) < 4.78 is 5.37. The van der Waals surface area contributed by atoms with Crippen LogP contribution in [0.15, 0.2) is 43.0 Å². The normalized spacial score (nSPS) is 15.3. The lowest BCUT2D eigenvalue weighted by Crippen LogP contribution is -2.46. The average molecular weight is 299 g/mol. The largest absolute Gasteiger partial charge is 0.381 e. The van der Waals surface area contributed by atoms with E-state index in [1.165, 1.54) is 12.7 Å². The van der Waals surface area contributed by atoms with E-state index >= 15 is 0 Å². The van der Waals surface area contributed by atoms with Crippen LogP contribution in [0.25, 0.3) is 0 Å². The van der Waals surface area contributed by atoms with E-state index in [9.17, 15) is 4.79 Å². The van der Waals surface area contributed by atoms with Gasteiger partial charge in [-0.1, -0.05) is 18.2 Å². The maximum atomic E-state index is 12.7. The number of nitrogens with zero attached hydrogens (tertiary/aromatic N) is 4. The molecule has 1 aromatic carbocycles. The lowest BCUT2D eigenvalue weighted by Gasteiger charge is -2.32. The Labute approximate surface area is 128 Å². The first-order chi connectivity index (χ1) is 10.8. The van der Waals surface area contributed by atoms with E-state index in [2.05, 4.69) is 20.3 Å². The van der Waals surface area contributed by atoms with Crippen molar-refractivity contribution in [2.75, 3.05) is 23.4 Å². The molecule has 2 heterocycles. The zero-order valence-corrected chi connectivity index (χ0v) is 12.1. The number of hydrogen-bond acceptors (Lipinski definition) is 5. The van der Waals surface area contributed by atoms with E-state index in [0.717, 1.165) is 18.5 Å². The van der Waals surface area contributed by atoms with E-state index in [-0.39, 0.29) is 12.1 Å². The second kappa shape index (κ2) is 6.95. The van der Waals surface area contributed by atoms with E-state index in [0.29, 0.717) is 19.2 Å². The topological polar surface area (TPSA) is 80.2 Å². The highest BCUT2D eigenvalue weighted by molar-refractivity contribution is 6.01. The highest BCUT2D eigenvalue weighted by Gasteiger charge is 2.29. The van der Waals surface area contributed by atoms with Crippen molar-refractivity contribution in [2.45, 2.75) is 18.9 Å². The zero-order chi connectivity index (χ0) is 15.2. The number of amides is 2. The first-order valence-corrected chi connectivity index (χ1v) is 7.19. The maximum Gasteiger partial charge on any atom is 0.328 e. The highest BCUT2D eigenvalue weighted by Crippen LogP contribution is 2.20. The van der Waals surface area contributed by atoms with Crippen molar-refractivity contribution in [1.82, 2.24) is 15.0 Å². The Kier molecular flexibility index (Phi) is 4.55. The quantitative estimate of drug-likeness (QED) is 0.938. The van der Waals surface area contributed by atoms with Crippen molar-refractivity contribution in [3.05, 3.63) is 43.0 Å². The van der Waals surface area contributed by atoms with Crippen LogP contribution < -0.4 is 10.2 Å². The fourth-order valence-electron chi connectivity index (χ4n) is 2.43. The summed E-state index contributed by atoms with van der Waals surface area (Å²) in [7, 11) is 0. The number of aromatic nitrogens is 3. The molecule has 1 saturated heterocycles. The van der Waals surface area contributed by atoms with Crippen molar-refractivity contribution in [2.24, 2.45) is 0 Å². The van der Waals surface area contributed by atoms with Crippen LogP contribution in [-0.2, 0) is 4.74 Å². The molecular weight excluding hydrogens is 282 g/mol. The first-order valence-electron chi connectivity index (χ1n) is 7.19. The molecule has 0 aliphatic carbocycles. The SMILES string of the molecule is O=C(Nc1ccccc1)N(c1ncncn1)C1CCOCC1. The molecule has 114 valence electrons. The number of carbonyl (C=O) groups excluding carboxylic acids is 1. The molecule has 3 rings (SSSR count). The first kappa shape index (κ1) is 14.4. The van der Waals surface area contributed by atoms with E-state index in [4.69, 9.17) is 4.74 Å².